The molecule has 0 radical (unpaired) electrons. The zero-order valence-electron chi connectivity index (χ0n) is 16.3. The van der Waals surface area contributed by atoms with Crippen LogP contribution in [-0.4, -0.2) is 31.1 Å². The lowest BCUT2D eigenvalue weighted by molar-refractivity contribution is -0.125. The number of hydrogen-bond acceptors (Lipinski definition) is 4. The zero-order chi connectivity index (χ0) is 20.1. The normalized spacial score (nSPS) is 22.7. The van der Waals surface area contributed by atoms with Gasteiger partial charge < -0.3 is 20.1 Å². The summed E-state index contributed by atoms with van der Waals surface area (Å²) in [7, 11) is 0. The maximum Gasteiger partial charge on any atom is 0.228 e. The fourth-order valence-corrected chi connectivity index (χ4v) is 3.54. The van der Waals surface area contributed by atoms with Gasteiger partial charge in [-0.1, -0.05) is 30.3 Å². The first-order valence-corrected chi connectivity index (χ1v) is 10.2. The van der Waals surface area contributed by atoms with E-state index in [-0.39, 0.29) is 29.8 Å². The number of hydrogen-bond donors (Lipinski definition) is 2. The van der Waals surface area contributed by atoms with E-state index in [4.69, 9.17) is 9.47 Å². The van der Waals surface area contributed by atoms with Crippen molar-refractivity contribution in [2.24, 2.45) is 11.8 Å². The van der Waals surface area contributed by atoms with Crippen molar-refractivity contribution in [1.82, 2.24) is 5.32 Å². The fourth-order valence-electron chi connectivity index (χ4n) is 3.54. The third kappa shape index (κ3) is 5.35. The van der Waals surface area contributed by atoms with E-state index in [1.165, 1.54) is 0 Å². The van der Waals surface area contributed by atoms with Gasteiger partial charge in [0.15, 0.2) is 0 Å². The van der Waals surface area contributed by atoms with Gasteiger partial charge in [-0.25, -0.2) is 0 Å². The molecule has 2 aliphatic rings. The summed E-state index contributed by atoms with van der Waals surface area (Å²) in [6.45, 7) is 1.80. The zero-order valence-corrected chi connectivity index (χ0v) is 16.3. The van der Waals surface area contributed by atoms with Gasteiger partial charge in [0, 0.05) is 18.8 Å². The van der Waals surface area contributed by atoms with Gasteiger partial charge in [0.2, 0.25) is 11.8 Å². The Hall–Kier alpha value is -2.86. The van der Waals surface area contributed by atoms with Crippen LogP contribution >= 0.6 is 0 Å². The van der Waals surface area contributed by atoms with Crippen molar-refractivity contribution < 1.29 is 19.1 Å². The first-order chi connectivity index (χ1) is 14.2. The Labute approximate surface area is 170 Å². The Morgan fingerprint density at radius 2 is 1.76 bits per heavy atom. The molecule has 0 bridgehead atoms. The number of nitrogens with one attached hydrogen (secondary N) is 2. The van der Waals surface area contributed by atoms with E-state index in [2.05, 4.69) is 10.6 Å². The van der Waals surface area contributed by atoms with Gasteiger partial charge >= 0.3 is 0 Å². The molecule has 0 aromatic heterocycles. The quantitative estimate of drug-likeness (QED) is 0.721. The van der Waals surface area contributed by atoms with Crippen LogP contribution in [0.25, 0.3) is 0 Å². The summed E-state index contributed by atoms with van der Waals surface area (Å²) in [5.41, 5.74) is 1.80. The minimum atomic E-state index is -0.256. The molecule has 1 aliphatic carbocycles. The third-order valence-electron chi connectivity index (χ3n) is 5.36. The third-order valence-corrected chi connectivity index (χ3v) is 5.36. The number of carbonyl (C=O) groups is 2. The highest BCUT2D eigenvalue weighted by Crippen LogP contribution is 2.39. The molecule has 2 aromatic rings. The van der Waals surface area contributed by atoms with Crippen molar-refractivity contribution in [3.8, 4) is 5.75 Å². The molecule has 4 rings (SSSR count). The molecule has 1 aliphatic heterocycles. The minimum Gasteiger partial charge on any atom is -0.489 e. The molecule has 2 amide bonds. The van der Waals surface area contributed by atoms with E-state index in [1.807, 2.05) is 54.6 Å². The molecule has 1 saturated heterocycles. The molecule has 3 atom stereocenters. The number of amides is 2. The second kappa shape index (κ2) is 9.09. The van der Waals surface area contributed by atoms with E-state index in [1.54, 1.807) is 0 Å². The van der Waals surface area contributed by atoms with Crippen molar-refractivity contribution in [2.75, 3.05) is 18.5 Å². The highest BCUT2D eigenvalue weighted by Gasteiger charge is 2.48. The second-order valence-electron chi connectivity index (χ2n) is 7.62. The molecular weight excluding hydrogens is 368 g/mol. The summed E-state index contributed by atoms with van der Waals surface area (Å²) < 4.78 is 11.3. The Balaban J connectivity index is 1.20. The monoisotopic (exact) mass is 394 g/mol. The van der Waals surface area contributed by atoms with Crippen LogP contribution in [0, 0.1) is 11.8 Å². The molecule has 2 aromatic carbocycles. The lowest BCUT2D eigenvalue weighted by atomic mass is 10.2. The van der Waals surface area contributed by atoms with Crippen LogP contribution in [0.4, 0.5) is 5.69 Å². The SMILES string of the molecule is O=C(NCC1CCCO1)C1CC1C(=O)Nc1ccc(OCc2ccccc2)cc1. The maximum absolute atomic E-state index is 12.4. The molecule has 1 heterocycles. The number of rotatable bonds is 8. The van der Waals surface area contributed by atoms with Gasteiger partial charge in [-0.05, 0) is 49.1 Å². The lowest BCUT2D eigenvalue weighted by Gasteiger charge is -2.11. The van der Waals surface area contributed by atoms with Crippen LogP contribution in [0.1, 0.15) is 24.8 Å². The van der Waals surface area contributed by atoms with Gasteiger partial charge in [-0.15, -0.1) is 0 Å². The lowest BCUT2D eigenvalue weighted by Crippen LogP contribution is -2.33. The van der Waals surface area contributed by atoms with E-state index < -0.39 is 0 Å². The van der Waals surface area contributed by atoms with E-state index in [0.29, 0.717) is 25.3 Å². The fraction of sp³-hybridized carbons (Fsp3) is 0.391. The van der Waals surface area contributed by atoms with Crippen molar-refractivity contribution in [3.05, 3.63) is 60.2 Å². The largest absolute Gasteiger partial charge is 0.489 e. The standard InChI is InChI=1S/C23H26N2O4/c26-22(24-14-19-7-4-12-28-19)20-13-21(20)23(27)25-17-8-10-18(11-9-17)29-15-16-5-2-1-3-6-16/h1-3,5-6,8-11,19-21H,4,7,12-15H2,(H,24,26)(H,25,27). The molecule has 6 heteroatoms. The summed E-state index contributed by atoms with van der Waals surface area (Å²) in [5.74, 6) is 0.0913. The Bertz CT molecular complexity index is 832. The molecule has 3 unspecified atom stereocenters. The van der Waals surface area contributed by atoms with Gasteiger partial charge in [-0.2, -0.15) is 0 Å². The summed E-state index contributed by atoms with van der Waals surface area (Å²) in [4.78, 5) is 24.6. The highest BCUT2D eigenvalue weighted by atomic mass is 16.5. The van der Waals surface area contributed by atoms with Gasteiger partial charge in [0.05, 0.1) is 17.9 Å². The summed E-state index contributed by atoms with van der Waals surface area (Å²) in [6.07, 6.45) is 2.75. The number of ether oxygens (including phenoxy) is 2. The van der Waals surface area contributed by atoms with Gasteiger partial charge in [0.25, 0.3) is 0 Å². The van der Waals surface area contributed by atoms with Crippen molar-refractivity contribution in [1.29, 1.82) is 0 Å². The van der Waals surface area contributed by atoms with Gasteiger partial charge in [0.1, 0.15) is 12.4 Å². The predicted molar refractivity (Wildman–Crippen MR) is 109 cm³/mol. The van der Waals surface area contributed by atoms with E-state index in [9.17, 15) is 9.59 Å². The van der Waals surface area contributed by atoms with Crippen molar-refractivity contribution >= 4 is 17.5 Å². The number of carbonyl (C=O) groups excluding carboxylic acids is 2. The molecule has 6 nitrogen and oxygen atoms in total. The molecule has 0 spiro atoms. The Morgan fingerprint density at radius 1 is 1.00 bits per heavy atom. The predicted octanol–water partition coefficient (Wildman–Crippen LogP) is 3.14. The average Bonchev–Trinajstić information content (AvgIpc) is 3.39. The minimum absolute atomic E-state index is 0.0506. The molecule has 2 fully saturated rings. The summed E-state index contributed by atoms with van der Waals surface area (Å²) in [6, 6.07) is 17.2. The van der Waals surface area contributed by atoms with E-state index in [0.717, 1.165) is 30.8 Å². The maximum atomic E-state index is 12.4. The molecule has 152 valence electrons. The first-order valence-electron chi connectivity index (χ1n) is 10.2. The van der Waals surface area contributed by atoms with Crippen LogP contribution in [0.3, 0.4) is 0 Å². The smallest absolute Gasteiger partial charge is 0.228 e. The molecular formula is C23H26N2O4. The molecule has 1 saturated carbocycles. The molecule has 2 N–H and O–H groups in total. The van der Waals surface area contributed by atoms with Crippen LogP contribution in [0.5, 0.6) is 5.75 Å². The average molecular weight is 394 g/mol. The first kappa shape index (κ1) is 19.5. The summed E-state index contributed by atoms with van der Waals surface area (Å²) in [5, 5.41) is 5.80. The molecule has 29 heavy (non-hydrogen) atoms. The number of anilines is 1. The Kier molecular flexibility index (Phi) is 6.10. The van der Waals surface area contributed by atoms with Crippen LogP contribution in [0.2, 0.25) is 0 Å². The van der Waals surface area contributed by atoms with Crippen molar-refractivity contribution in [3.63, 3.8) is 0 Å². The van der Waals surface area contributed by atoms with Crippen LogP contribution < -0.4 is 15.4 Å². The highest BCUT2D eigenvalue weighted by molar-refractivity contribution is 5.99. The van der Waals surface area contributed by atoms with Crippen LogP contribution in [0.15, 0.2) is 54.6 Å². The Morgan fingerprint density at radius 3 is 2.48 bits per heavy atom. The summed E-state index contributed by atoms with van der Waals surface area (Å²) >= 11 is 0. The van der Waals surface area contributed by atoms with Crippen LogP contribution in [-0.2, 0) is 20.9 Å². The topological polar surface area (TPSA) is 76.7 Å². The number of benzene rings is 2. The van der Waals surface area contributed by atoms with Crippen molar-refractivity contribution in [2.45, 2.75) is 32.0 Å². The second-order valence-corrected chi connectivity index (χ2v) is 7.62. The van der Waals surface area contributed by atoms with Gasteiger partial charge in [-0.3, -0.25) is 9.59 Å². The van der Waals surface area contributed by atoms with E-state index >= 15 is 0 Å².